The maximum absolute atomic E-state index is 6.48. The normalized spacial score (nSPS) is 11.4. The van der Waals surface area contributed by atoms with Crippen molar-refractivity contribution in [3.63, 3.8) is 0 Å². The van der Waals surface area contributed by atoms with Crippen LogP contribution in [0.2, 0.25) is 0 Å². The molecule has 0 radical (unpaired) electrons. The molecule has 0 aliphatic rings. The molecule has 71 heavy (non-hydrogen) atoms. The maximum Gasteiger partial charge on any atom is 2.00 e. The predicted molar refractivity (Wildman–Crippen MR) is 278 cm³/mol. The molecular formula is C62H53N5O2Pd2. The molecule has 10 rings (SSSR count). The number of benzene rings is 6. The summed E-state index contributed by atoms with van der Waals surface area (Å²) in [6.07, 6.45) is 7.40. The van der Waals surface area contributed by atoms with Crippen molar-refractivity contribution < 1.29 is 50.3 Å². The molecule has 0 unspecified atom stereocenters. The zero-order valence-corrected chi connectivity index (χ0v) is 44.0. The molecule has 0 saturated heterocycles. The van der Waals surface area contributed by atoms with Gasteiger partial charge >= 0.3 is 40.8 Å². The van der Waals surface area contributed by atoms with Crippen molar-refractivity contribution in [1.82, 2.24) is 24.5 Å². The zero-order valence-electron chi connectivity index (χ0n) is 40.9. The molecule has 0 fully saturated rings. The Hall–Kier alpha value is -6.58. The minimum absolute atomic E-state index is 0. The van der Waals surface area contributed by atoms with Gasteiger partial charge in [0.2, 0.25) is 5.95 Å². The molecule has 0 aliphatic carbocycles. The Morgan fingerprint density at radius 3 is 1.14 bits per heavy atom. The van der Waals surface area contributed by atoms with Gasteiger partial charge in [-0.2, -0.15) is 22.9 Å². The van der Waals surface area contributed by atoms with Gasteiger partial charge in [0.15, 0.2) is 0 Å². The standard InChI is InChI=1S/C62H53N5O2.2Pd/c1-38(2)50-18-11-19-51(39(3)4)60(50)44-22-28-56(65-36-44)42-14-9-16-46(32-42)68-48-24-26-54-55-27-25-49(35-59(55)67(58(54)34-48)62-63-30-13-31-64-62)69-47-17-10-15-43(33-47)57-29-23-45(37-66-57)61-52(40(5)6)20-12-21-53(61)41(7)8;;/h9-31,36-41H,1-8H3;;/q-4;2*+2. The van der Waals surface area contributed by atoms with Crippen LogP contribution in [-0.2, 0) is 40.8 Å². The monoisotopic (exact) mass is 1110 g/mol. The smallest absolute Gasteiger partial charge is 0.503 e. The van der Waals surface area contributed by atoms with Crippen LogP contribution in [0.25, 0.3) is 72.5 Å². The summed E-state index contributed by atoms with van der Waals surface area (Å²) in [7, 11) is 0. The van der Waals surface area contributed by atoms with E-state index in [4.69, 9.17) is 19.4 Å². The molecule has 0 spiro atoms. The molecule has 4 heterocycles. The number of aromatic nitrogens is 5. The Bertz CT molecular complexity index is 3200. The van der Waals surface area contributed by atoms with Crippen molar-refractivity contribution >= 4 is 21.8 Å². The van der Waals surface area contributed by atoms with Crippen LogP contribution in [0.5, 0.6) is 23.0 Å². The first-order valence-corrected chi connectivity index (χ1v) is 23.8. The van der Waals surface area contributed by atoms with Crippen LogP contribution >= 0.6 is 0 Å². The molecular weight excluding hydrogens is 1060 g/mol. The first-order valence-electron chi connectivity index (χ1n) is 23.8. The van der Waals surface area contributed by atoms with Crippen LogP contribution in [0.4, 0.5) is 0 Å². The average molecular weight is 1110 g/mol. The van der Waals surface area contributed by atoms with Gasteiger partial charge in [-0.05, 0) is 85.6 Å². The Morgan fingerprint density at radius 2 is 0.775 bits per heavy atom. The Kier molecular flexibility index (Phi) is 15.6. The second-order valence-corrected chi connectivity index (χ2v) is 18.7. The second kappa shape index (κ2) is 21.8. The first-order chi connectivity index (χ1) is 33.5. The summed E-state index contributed by atoms with van der Waals surface area (Å²) in [4.78, 5) is 19.2. The minimum Gasteiger partial charge on any atom is -0.503 e. The van der Waals surface area contributed by atoms with Gasteiger partial charge in [0, 0.05) is 47.8 Å². The van der Waals surface area contributed by atoms with E-state index >= 15 is 0 Å². The zero-order chi connectivity index (χ0) is 47.8. The van der Waals surface area contributed by atoms with Crippen molar-refractivity contribution in [1.29, 1.82) is 0 Å². The van der Waals surface area contributed by atoms with Crippen molar-refractivity contribution in [3.05, 3.63) is 199 Å². The van der Waals surface area contributed by atoms with E-state index < -0.39 is 0 Å². The second-order valence-electron chi connectivity index (χ2n) is 18.7. The molecule has 0 amide bonds. The van der Waals surface area contributed by atoms with Crippen LogP contribution < -0.4 is 9.47 Å². The molecule has 10 aromatic rings. The number of hydrogen-bond acceptors (Lipinski definition) is 6. The van der Waals surface area contributed by atoms with Gasteiger partial charge in [-0.25, -0.2) is 9.97 Å². The number of pyridine rings is 2. The van der Waals surface area contributed by atoms with Gasteiger partial charge in [0.05, 0.1) is 0 Å². The molecule has 0 saturated carbocycles. The SMILES string of the molecule is CC(C)c1cccc(C(C)C)c1-c1ccc(-c2[c-]c(Oc3[c-]c4c(cc3)c3ccc(Oc5[c-]c(-c6ccc(-c7c(C(C)C)cccc7C(C)C)cn6)ccc5)[c-]c3n4-c3ncccn3)ccc2)nc1.[Pd+2].[Pd+2]. The molecule has 0 atom stereocenters. The fourth-order valence-corrected chi connectivity index (χ4v) is 9.27. The Labute approximate surface area is 445 Å². The molecule has 0 bridgehead atoms. The summed E-state index contributed by atoms with van der Waals surface area (Å²) in [6, 6.07) is 57.1. The van der Waals surface area contributed by atoms with E-state index in [1.807, 2.05) is 77.6 Å². The van der Waals surface area contributed by atoms with Crippen LogP contribution in [-0.4, -0.2) is 24.5 Å². The quantitative estimate of drug-likeness (QED) is 0.0846. The number of fused-ring (bicyclic) bond motifs is 3. The van der Waals surface area contributed by atoms with Crippen molar-refractivity contribution in [3.8, 4) is 73.7 Å². The molecule has 7 nitrogen and oxygen atoms in total. The van der Waals surface area contributed by atoms with Crippen LogP contribution in [0.15, 0.2) is 152 Å². The Balaban J connectivity index is 0.00000338. The summed E-state index contributed by atoms with van der Waals surface area (Å²) >= 11 is 0. The molecule has 9 heteroatoms. The topological polar surface area (TPSA) is 75.0 Å². The summed E-state index contributed by atoms with van der Waals surface area (Å²) in [5.41, 5.74) is 14.8. The van der Waals surface area contributed by atoms with E-state index in [9.17, 15) is 0 Å². The predicted octanol–water partition coefficient (Wildman–Crippen LogP) is 16.3. The molecule has 0 aliphatic heterocycles. The van der Waals surface area contributed by atoms with Gasteiger partial charge in [-0.1, -0.05) is 139 Å². The first kappa shape index (κ1) is 50.8. The summed E-state index contributed by atoms with van der Waals surface area (Å²) in [6.45, 7) is 17.9. The summed E-state index contributed by atoms with van der Waals surface area (Å²) in [5.74, 6) is 4.15. The minimum atomic E-state index is 0. The molecule has 0 N–H and O–H groups in total. The molecule has 4 aromatic heterocycles. The third-order valence-electron chi connectivity index (χ3n) is 12.7. The van der Waals surface area contributed by atoms with E-state index in [1.165, 1.54) is 33.4 Å². The summed E-state index contributed by atoms with van der Waals surface area (Å²) < 4.78 is 14.9. The van der Waals surface area contributed by atoms with Crippen molar-refractivity contribution in [2.45, 2.75) is 79.1 Å². The molecule has 6 aromatic carbocycles. The fourth-order valence-electron chi connectivity index (χ4n) is 9.27. The number of rotatable bonds is 13. The maximum atomic E-state index is 6.48. The van der Waals surface area contributed by atoms with E-state index in [0.29, 0.717) is 52.6 Å². The molecule has 358 valence electrons. The number of nitrogens with zero attached hydrogens (tertiary/aromatic N) is 5. The van der Waals surface area contributed by atoms with Gasteiger partial charge in [-0.3, -0.25) is 0 Å². The van der Waals surface area contributed by atoms with E-state index in [-0.39, 0.29) is 40.8 Å². The van der Waals surface area contributed by atoms with Gasteiger partial charge in [0.1, 0.15) is 0 Å². The van der Waals surface area contributed by atoms with E-state index in [2.05, 4.69) is 150 Å². The van der Waals surface area contributed by atoms with Gasteiger partial charge < -0.3 is 24.0 Å². The largest absolute Gasteiger partial charge is 2.00 e. The van der Waals surface area contributed by atoms with Crippen LogP contribution in [0.1, 0.15) is 101 Å². The number of hydrogen-bond donors (Lipinski definition) is 0. The number of ether oxygens (including phenoxy) is 2. The van der Waals surface area contributed by atoms with Crippen molar-refractivity contribution in [2.75, 3.05) is 0 Å². The van der Waals surface area contributed by atoms with Crippen LogP contribution in [0.3, 0.4) is 0 Å². The van der Waals surface area contributed by atoms with Gasteiger partial charge in [-0.15, -0.1) is 71.8 Å². The van der Waals surface area contributed by atoms with Gasteiger partial charge in [0.25, 0.3) is 0 Å². The van der Waals surface area contributed by atoms with E-state index in [1.54, 1.807) is 18.5 Å². The van der Waals surface area contributed by atoms with E-state index in [0.717, 1.165) is 55.4 Å². The third kappa shape index (κ3) is 10.4. The third-order valence-corrected chi connectivity index (χ3v) is 12.7. The Morgan fingerprint density at radius 1 is 0.394 bits per heavy atom. The fraction of sp³-hybridized carbons (Fsp3) is 0.194. The summed E-state index contributed by atoms with van der Waals surface area (Å²) in [5, 5.41) is 1.88. The van der Waals surface area contributed by atoms with Crippen molar-refractivity contribution in [2.24, 2.45) is 0 Å². The average Bonchev–Trinajstić information content (AvgIpc) is 3.69. The van der Waals surface area contributed by atoms with Crippen LogP contribution in [0, 0.1) is 24.3 Å².